The lowest BCUT2D eigenvalue weighted by molar-refractivity contribution is 0.415. The zero-order valence-electron chi connectivity index (χ0n) is 9.25. The Kier molecular flexibility index (Phi) is 2.26. The van der Waals surface area contributed by atoms with Crippen molar-refractivity contribution < 1.29 is 4.74 Å². The summed E-state index contributed by atoms with van der Waals surface area (Å²) < 4.78 is 7.11. The summed E-state index contributed by atoms with van der Waals surface area (Å²) >= 11 is 1.63. The summed E-state index contributed by atoms with van der Waals surface area (Å²) in [5, 5.41) is 4.06. The summed E-state index contributed by atoms with van der Waals surface area (Å²) in [5.74, 6) is 1.28. The molecule has 3 aromatic rings. The Morgan fingerprint density at radius 2 is 2.24 bits per heavy atom. The Morgan fingerprint density at radius 1 is 1.35 bits per heavy atom. The van der Waals surface area contributed by atoms with Gasteiger partial charge < -0.3 is 10.5 Å². The van der Waals surface area contributed by atoms with Crippen LogP contribution in [-0.4, -0.2) is 16.7 Å². The molecule has 3 rings (SSSR count). The minimum Gasteiger partial charge on any atom is -0.497 e. The molecule has 0 atom stereocenters. The van der Waals surface area contributed by atoms with Crippen LogP contribution in [0.2, 0.25) is 0 Å². The topological polar surface area (TPSA) is 53.1 Å². The van der Waals surface area contributed by atoms with Crippen LogP contribution in [0.15, 0.2) is 35.0 Å². The van der Waals surface area contributed by atoms with Crippen LogP contribution in [0.25, 0.3) is 16.7 Å². The molecule has 0 bridgehead atoms. The number of nitrogens with zero attached hydrogens (tertiary/aromatic N) is 2. The second kappa shape index (κ2) is 3.78. The van der Waals surface area contributed by atoms with Gasteiger partial charge in [0, 0.05) is 11.4 Å². The number of hydrogen-bond donors (Lipinski definition) is 1. The molecule has 2 aromatic heterocycles. The minimum atomic E-state index is 0.492. The lowest BCUT2D eigenvalue weighted by atomic mass is 10.3. The summed E-state index contributed by atoms with van der Waals surface area (Å²) in [4.78, 5) is 4.34. The van der Waals surface area contributed by atoms with Crippen molar-refractivity contribution in [3.05, 3.63) is 35.0 Å². The molecule has 0 unspecified atom stereocenters. The summed E-state index contributed by atoms with van der Waals surface area (Å²) in [6.07, 6.45) is 0. The zero-order chi connectivity index (χ0) is 11.8. The minimum absolute atomic E-state index is 0.492. The fraction of sp³-hybridized carbons (Fsp3) is 0.0833. The maximum Gasteiger partial charge on any atom is 0.205 e. The van der Waals surface area contributed by atoms with Crippen molar-refractivity contribution in [2.24, 2.45) is 0 Å². The lowest BCUT2D eigenvalue weighted by Gasteiger charge is -2.03. The smallest absolute Gasteiger partial charge is 0.205 e. The van der Waals surface area contributed by atoms with Gasteiger partial charge in [0.25, 0.3) is 0 Å². The number of benzene rings is 1. The molecule has 0 amide bonds. The number of hydrogen-bond acceptors (Lipinski definition) is 4. The molecule has 0 radical (unpaired) electrons. The van der Waals surface area contributed by atoms with Crippen LogP contribution in [0.5, 0.6) is 5.75 Å². The number of methoxy groups -OCH3 is 1. The third kappa shape index (κ3) is 1.55. The molecular weight excluding hydrogens is 234 g/mol. The first kappa shape index (κ1) is 10.2. The number of imidazole rings is 1. The van der Waals surface area contributed by atoms with Gasteiger partial charge in [0.05, 0.1) is 23.8 Å². The standard InChI is InChI=1S/C12H11N3OS/c1-16-9-2-3-11-10(6-9)14-12(13)15(11)8-4-5-17-7-8/h2-7H,1H3,(H2,13,14). The molecule has 17 heavy (non-hydrogen) atoms. The average molecular weight is 245 g/mol. The molecule has 1 aromatic carbocycles. The Morgan fingerprint density at radius 3 is 2.94 bits per heavy atom. The predicted octanol–water partition coefficient (Wildman–Crippen LogP) is 2.68. The van der Waals surface area contributed by atoms with E-state index in [2.05, 4.69) is 4.98 Å². The summed E-state index contributed by atoms with van der Waals surface area (Å²) in [6.45, 7) is 0. The van der Waals surface area contributed by atoms with Gasteiger partial charge in [-0.1, -0.05) is 0 Å². The first-order chi connectivity index (χ1) is 8.29. The Balaban J connectivity index is 2.29. The number of fused-ring (bicyclic) bond motifs is 1. The van der Waals surface area contributed by atoms with Gasteiger partial charge in [0.1, 0.15) is 5.75 Å². The number of ether oxygens (including phenoxy) is 1. The molecular formula is C12H11N3OS. The molecule has 86 valence electrons. The zero-order valence-corrected chi connectivity index (χ0v) is 10.1. The van der Waals surface area contributed by atoms with Gasteiger partial charge in [-0.2, -0.15) is 11.3 Å². The van der Waals surface area contributed by atoms with E-state index in [1.165, 1.54) is 0 Å². The third-order valence-corrected chi connectivity index (χ3v) is 3.32. The molecule has 0 saturated heterocycles. The number of aromatic nitrogens is 2. The van der Waals surface area contributed by atoms with E-state index in [-0.39, 0.29) is 0 Å². The quantitative estimate of drug-likeness (QED) is 0.755. The van der Waals surface area contributed by atoms with Crippen molar-refractivity contribution in [1.29, 1.82) is 0 Å². The van der Waals surface area contributed by atoms with Crippen molar-refractivity contribution in [2.75, 3.05) is 12.8 Å². The lowest BCUT2D eigenvalue weighted by Crippen LogP contribution is -1.98. The molecule has 4 nitrogen and oxygen atoms in total. The van der Waals surface area contributed by atoms with E-state index >= 15 is 0 Å². The second-order valence-corrected chi connectivity index (χ2v) is 4.42. The second-order valence-electron chi connectivity index (χ2n) is 3.64. The molecule has 0 aliphatic rings. The first-order valence-electron chi connectivity index (χ1n) is 5.14. The van der Waals surface area contributed by atoms with E-state index in [0.29, 0.717) is 5.95 Å². The van der Waals surface area contributed by atoms with E-state index in [1.807, 2.05) is 39.6 Å². The highest BCUT2D eigenvalue weighted by Crippen LogP contribution is 2.26. The highest BCUT2D eigenvalue weighted by molar-refractivity contribution is 7.08. The monoisotopic (exact) mass is 245 g/mol. The van der Waals surface area contributed by atoms with Gasteiger partial charge in [0.15, 0.2) is 0 Å². The Labute approximate surface area is 102 Å². The normalized spacial score (nSPS) is 10.9. The first-order valence-corrected chi connectivity index (χ1v) is 6.08. The van der Waals surface area contributed by atoms with E-state index in [1.54, 1.807) is 18.4 Å². The van der Waals surface area contributed by atoms with E-state index < -0.39 is 0 Å². The number of nitrogen functional groups attached to an aromatic ring is 1. The molecule has 0 aliphatic carbocycles. The Hall–Kier alpha value is -2.01. The van der Waals surface area contributed by atoms with Crippen molar-refractivity contribution >= 4 is 28.3 Å². The van der Waals surface area contributed by atoms with E-state index in [4.69, 9.17) is 10.5 Å². The summed E-state index contributed by atoms with van der Waals surface area (Å²) in [7, 11) is 1.64. The van der Waals surface area contributed by atoms with Crippen LogP contribution in [0.1, 0.15) is 0 Å². The van der Waals surface area contributed by atoms with Crippen molar-refractivity contribution in [3.8, 4) is 11.4 Å². The van der Waals surface area contributed by atoms with Crippen LogP contribution in [0.3, 0.4) is 0 Å². The van der Waals surface area contributed by atoms with Crippen LogP contribution in [-0.2, 0) is 0 Å². The highest BCUT2D eigenvalue weighted by Gasteiger charge is 2.10. The van der Waals surface area contributed by atoms with Gasteiger partial charge in [-0.25, -0.2) is 4.98 Å². The number of thiophene rings is 1. The van der Waals surface area contributed by atoms with Crippen molar-refractivity contribution in [2.45, 2.75) is 0 Å². The van der Waals surface area contributed by atoms with Crippen molar-refractivity contribution in [1.82, 2.24) is 9.55 Å². The number of rotatable bonds is 2. The van der Waals surface area contributed by atoms with E-state index in [0.717, 1.165) is 22.5 Å². The molecule has 5 heteroatoms. The average Bonchev–Trinajstić information content (AvgIpc) is 2.93. The number of nitrogens with two attached hydrogens (primary N) is 1. The third-order valence-electron chi connectivity index (χ3n) is 2.65. The predicted molar refractivity (Wildman–Crippen MR) is 69.9 cm³/mol. The SMILES string of the molecule is COc1ccc2c(c1)nc(N)n2-c1ccsc1. The van der Waals surface area contributed by atoms with Gasteiger partial charge in [0.2, 0.25) is 5.95 Å². The fourth-order valence-corrected chi connectivity index (χ4v) is 2.48. The van der Waals surface area contributed by atoms with Gasteiger partial charge in [-0.05, 0) is 23.6 Å². The van der Waals surface area contributed by atoms with Gasteiger partial charge in [-0.15, -0.1) is 0 Å². The number of anilines is 1. The molecule has 0 aliphatic heterocycles. The van der Waals surface area contributed by atoms with Crippen LogP contribution < -0.4 is 10.5 Å². The summed E-state index contributed by atoms with van der Waals surface area (Å²) in [5.41, 5.74) is 8.82. The Bertz CT molecular complexity index is 658. The maximum atomic E-state index is 5.95. The van der Waals surface area contributed by atoms with Gasteiger partial charge in [-0.3, -0.25) is 4.57 Å². The fourth-order valence-electron chi connectivity index (χ4n) is 1.86. The van der Waals surface area contributed by atoms with Crippen LogP contribution in [0.4, 0.5) is 5.95 Å². The molecule has 2 heterocycles. The van der Waals surface area contributed by atoms with E-state index in [9.17, 15) is 0 Å². The summed E-state index contributed by atoms with van der Waals surface area (Å²) in [6, 6.07) is 7.78. The molecule has 0 spiro atoms. The molecule has 2 N–H and O–H groups in total. The van der Waals surface area contributed by atoms with Crippen molar-refractivity contribution in [3.63, 3.8) is 0 Å². The van der Waals surface area contributed by atoms with Crippen LogP contribution >= 0.6 is 11.3 Å². The van der Waals surface area contributed by atoms with Crippen LogP contribution in [0, 0.1) is 0 Å². The van der Waals surface area contributed by atoms with Gasteiger partial charge >= 0.3 is 0 Å². The molecule has 0 saturated carbocycles. The largest absolute Gasteiger partial charge is 0.497 e. The maximum absolute atomic E-state index is 5.95. The molecule has 0 fully saturated rings. The highest BCUT2D eigenvalue weighted by atomic mass is 32.1.